The zero-order valence-corrected chi connectivity index (χ0v) is 6.59. The molecule has 0 radical (unpaired) electrons. The summed E-state index contributed by atoms with van der Waals surface area (Å²) in [6.45, 7) is 0.174. The Morgan fingerprint density at radius 1 is 1.33 bits per heavy atom. The molecular weight excluding hydrogens is 168 g/mol. The average Bonchev–Trinajstić information content (AvgIpc) is 2.10. The molecule has 1 amide bonds. The molecule has 0 spiro atoms. The average molecular weight is 179 g/mol. The molecule has 5 heteroatoms. The summed E-state index contributed by atoms with van der Waals surface area (Å²) in [5.41, 5.74) is 0. The Balaban J connectivity index is 2.50. The van der Waals surface area contributed by atoms with E-state index >= 15 is 0 Å². The van der Waals surface area contributed by atoms with E-state index in [0.717, 1.165) is 4.90 Å². The maximum atomic E-state index is 12.7. The number of alkyl halides is 2. The number of carboxylic acid groups (broad SMARTS) is 1. The Labute approximate surface area is 69.0 Å². The maximum Gasteiger partial charge on any atom is 0.407 e. The van der Waals surface area contributed by atoms with Gasteiger partial charge in [0.15, 0.2) is 0 Å². The lowest BCUT2D eigenvalue weighted by Gasteiger charge is -2.15. The Morgan fingerprint density at radius 3 is 2.58 bits per heavy atom. The quantitative estimate of drug-likeness (QED) is 0.615. The Morgan fingerprint density at radius 2 is 2.00 bits per heavy atom. The van der Waals surface area contributed by atoms with Crippen LogP contribution in [0.2, 0.25) is 0 Å². The van der Waals surface area contributed by atoms with Crippen LogP contribution in [0.15, 0.2) is 0 Å². The number of carbonyl (C=O) groups is 1. The van der Waals surface area contributed by atoms with Gasteiger partial charge in [-0.05, 0) is 6.42 Å². The fourth-order valence-corrected chi connectivity index (χ4v) is 1.26. The number of rotatable bonds is 0. The Kier molecular flexibility index (Phi) is 2.49. The Hall–Kier alpha value is -0.870. The maximum absolute atomic E-state index is 12.7. The molecule has 0 aromatic carbocycles. The van der Waals surface area contributed by atoms with E-state index in [1.165, 1.54) is 0 Å². The highest BCUT2D eigenvalue weighted by molar-refractivity contribution is 5.64. The van der Waals surface area contributed by atoms with E-state index in [0.29, 0.717) is 0 Å². The SMILES string of the molecule is O=C(O)N1CCCC(F)(F)CC1. The van der Waals surface area contributed by atoms with Gasteiger partial charge in [0.25, 0.3) is 0 Å². The highest BCUT2D eigenvalue weighted by Crippen LogP contribution is 2.27. The summed E-state index contributed by atoms with van der Waals surface area (Å²) < 4.78 is 25.4. The van der Waals surface area contributed by atoms with Gasteiger partial charge in [0.1, 0.15) is 0 Å². The van der Waals surface area contributed by atoms with E-state index in [9.17, 15) is 13.6 Å². The van der Waals surface area contributed by atoms with E-state index in [-0.39, 0.29) is 32.4 Å². The van der Waals surface area contributed by atoms with Crippen molar-refractivity contribution < 1.29 is 18.7 Å². The van der Waals surface area contributed by atoms with Gasteiger partial charge in [0.05, 0.1) is 0 Å². The molecule has 1 rings (SSSR count). The fraction of sp³-hybridized carbons (Fsp3) is 0.857. The van der Waals surface area contributed by atoms with E-state index in [4.69, 9.17) is 5.11 Å². The van der Waals surface area contributed by atoms with Gasteiger partial charge in [-0.25, -0.2) is 13.6 Å². The minimum atomic E-state index is -2.68. The number of amides is 1. The van der Waals surface area contributed by atoms with Gasteiger partial charge in [0.2, 0.25) is 5.92 Å². The minimum Gasteiger partial charge on any atom is -0.465 e. The lowest BCUT2D eigenvalue weighted by molar-refractivity contribution is -0.0125. The van der Waals surface area contributed by atoms with Crippen LogP contribution in [0.25, 0.3) is 0 Å². The molecule has 1 saturated heterocycles. The molecule has 0 bridgehead atoms. The molecule has 1 fully saturated rings. The van der Waals surface area contributed by atoms with Crippen LogP contribution in [0.5, 0.6) is 0 Å². The highest BCUT2D eigenvalue weighted by atomic mass is 19.3. The first-order valence-corrected chi connectivity index (χ1v) is 3.87. The van der Waals surface area contributed by atoms with Crippen LogP contribution in [-0.4, -0.2) is 35.1 Å². The first-order valence-electron chi connectivity index (χ1n) is 3.87. The van der Waals surface area contributed by atoms with Crippen molar-refractivity contribution in [3.05, 3.63) is 0 Å². The molecule has 3 nitrogen and oxygen atoms in total. The molecule has 1 aliphatic heterocycles. The summed E-state index contributed by atoms with van der Waals surface area (Å²) in [7, 11) is 0. The summed E-state index contributed by atoms with van der Waals surface area (Å²) in [6, 6.07) is 0. The third-order valence-corrected chi connectivity index (χ3v) is 1.99. The van der Waals surface area contributed by atoms with E-state index in [2.05, 4.69) is 0 Å². The van der Waals surface area contributed by atoms with Crippen LogP contribution in [0.1, 0.15) is 19.3 Å². The van der Waals surface area contributed by atoms with E-state index in [1.54, 1.807) is 0 Å². The fourth-order valence-electron chi connectivity index (χ4n) is 1.26. The summed E-state index contributed by atoms with van der Waals surface area (Å²) in [5, 5.41) is 8.51. The van der Waals surface area contributed by atoms with Crippen molar-refractivity contribution in [1.82, 2.24) is 4.90 Å². The van der Waals surface area contributed by atoms with Gasteiger partial charge < -0.3 is 10.0 Å². The summed E-state index contributed by atoms with van der Waals surface area (Å²) >= 11 is 0. The standard InChI is InChI=1S/C7H11F2NO2/c8-7(9)2-1-4-10(5-3-7)6(11)12/h1-5H2,(H,11,12). The van der Waals surface area contributed by atoms with Crippen LogP contribution in [0.4, 0.5) is 13.6 Å². The third-order valence-electron chi connectivity index (χ3n) is 1.99. The van der Waals surface area contributed by atoms with Crippen LogP contribution >= 0.6 is 0 Å². The lowest BCUT2D eigenvalue weighted by Crippen LogP contribution is -2.31. The van der Waals surface area contributed by atoms with Crippen LogP contribution in [0, 0.1) is 0 Å². The second kappa shape index (κ2) is 3.25. The van der Waals surface area contributed by atoms with E-state index in [1.807, 2.05) is 0 Å². The second-order valence-electron chi connectivity index (χ2n) is 2.98. The van der Waals surface area contributed by atoms with Crippen molar-refractivity contribution >= 4 is 6.09 Å². The molecule has 0 saturated carbocycles. The van der Waals surface area contributed by atoms with Gasteiger partial charge in [-0.2, -0.15) is 0 Å². The molecule has 0 unspecified atom stereocenters. The van der Waals surface area contributed by atoms with Crippen molar-refractivity contribution in [3.8, 4) is 0 Å². The van der Waals surface area contributed by atoms with Crippen molar-refractivity contribution in [2.75, 3.05) is 13.1 Å². The molecule has 0 atom stereocenters. The normalized spacial score (nSPS) is 23.3. The minimum absolute atomic E-state index is 0.0532. The first-order chi connectivity index (χ1) is 5.51. The van der Waals surface area contributed by atoms with Gasteiger partial charge in [0, 0.05) is 25.9 Å². The third kappa shape index (κ3) is 2.32. The number of halogens is 2. The Bertz CT molecular complexity index is 184. The number of nitrogens with zero attached hydrogens (tertiary/aromatic N) is 1. The zero-order chi connectivity index (χ0) is 9.19. The predicted octanol–water partition coefficient (Wildman–Crippen LogP) is 1.79. The summed E-state index contributed by atoms with van der Waals surface area (Å²) in [5.74, 6) is -2.68. The molecule has 0 aromatic heterocycles. The molecule has 70 valence electrons. The molecule has 0 aromatic rings. The van der Waals surface area contributed by atoms with Crippen molar-refractivity contribution in [2.45, 2.75) is 25.2 Å². The lowest BCUT2D eigenvalue weighted by atomic mass is 10.1. The molecule has 1 N–H and O–H groups in total. The zero-order valence-electron chi connectivity index (χ0n) is 6.59. The first kappa shape index (κ1) is 9.22. The van der Waals surface area contributed by atoms with E-state index < -0.39 is 12.0 Å². The smallest absolute Gasteiger partial charge is 0.407 e. The molecule has 0 aliphatic carbocycles. The molecule has 12 heavy (non-hydrogen) atoms. The molecule has 1 aliphatic rings. The summed E-state index contributed by atoms with van der Waals surface area (Å²) in [6.07, 6.45) is -1.40. The predicted molar refractivity (Wildman–Crippen MR) is 38.4 cm³/mol. The van der Waals surface area contributed by atoms with Crippen LogP contribution < -0.4 is 0 Å². The van der Waals surface area contributed by atoms with Crippen LogP contribution in [0.3, 0.4) is 0 Å². The monoisotopic (exact) mass is 179 g/mol. The van der Waals surface area contributed by atoms with Gasteiger partial charge in [-0.15, -0.1) is 0 Å². The van der Waals surface area contributed by atoms with Crippen molar-refractivity contribution in [1.29, 1.82) is 0 Å². The second-order valence-corrected chi connectivity index (χ2v) is 2.98. The largest absolute Gasteiger partial charge is 0.465 e. The molecule has 1 heterocycles. The summed E-state index contributed by atoms with van der Waals surface area (Å²) in [4.78, 5) is 11.4. The van der Waals surface area contributed by atoms with Crippen molar-refractivity contribution in [2.24, 2.45) is 0 Å². The van der Waals surface area contributed by atoms with Gasteiger partial charge >= 0.3 is 6.09 Å². The van der Waals surface area contributed by atoms with Gasteiger partial charge in [-0.3, -0.25) is 0 Å². The number of likely N-dealkylation sites (tertiary alicyclic amines) is 1. The number of hydrogen-bond donors (Lipinski definition) is 1. The molecular formula is C7H11F2NO2. The van der Waals surface area contributed by atoms with Crippen molar-refractivity contribution in [3.63, 3.8) is 0 Å². The topological polar surface area (TPSA) is 40.5 Å². The number of hydrogen-bond acceptors (Lipinski definition) is 1. The van der Waals surface area contributed by atoms with Crippen LogP contribution in [-0.2, 0) is 0 Å². The highest BCUT2D eigenvalue weighted by Gasteiger charge is 2.32. The van der Waals surface area contributed by atoms with Gasteiger partial charge in [-0.1, -0.05) is 0 Å².